The van der Waals surface area contributed by atoms with Gasteiger partial charge in [-0.05, 0) is 42.4 Å². The number of hydrogen-bond donors (Lipinski definition) is 1. The van der Waals surface area contributed by atoms with Gasteiger partial charge in [-0.25, -0.2) is 0 Å². The van der Waals surface area contributed by atoms with E-state index in [1.54, 1.807) is 7.11 Å². The molecule has 0 unspecified atom stereocenters. The average Bonchev–Trinajstić information content (AvgIpc) is 2.93. The van der Waals surface area contributed by atoms with Crippen molar-refractivity contribution in [2.45, 2.75) is 123 Å². The molecule has 0 amide bonds. The van der Waals surface area contributed by atoms with Gasteiger partial charge in [0.1, 0.15) is 30.5 Å². The van der Waals surface area contributed by atoms with E-state index in [0.717, 1.165) is 68.1 Å². The fraction of sp³-hybridized carbons (Fsp3) is 0.806. The molecule has 1 heterocycles. The van der Waals surface area contributed by atoms with Crippen molar-refractivity contribution in [1.29, 1.82) is 0 Å². The SMILES string of the molecule is CCCCOC[C@H]1O[C@@H](c2cc(CO)cc(COC)c2)[C@H](OCCCC)[C@@H](OCCCC)[C@@H]1OCCCC. The molecular formula is C31H54O7. The molecule has 0 aromatic heterocycles. The first-order valence-corrected chi connectivity index (χ1v) is 14.9. The maximum Gasteiger partial charge on any atom is 0.117 e. The molecule has 2 rings (SSSR count). The lowest BCUT2D eigenvalue weighted by atomic mass is 9.89. The molecule has 1 aliphatic heterocycles. The Balaban J connectivity index is 2.48. The third-order valence-corrected chi connectivity index (χ3v) is 6.88. The van der Waals surface area contributed by atoms with Gasteiger partial charge in [-0.1, -0.05) is 71.6 Å². The normalized spacial score (nSPS) is 23.7. The highest BCUT2D eigenvalue weighted by Gasteiger charge is 2.48. The number of methoxy groups -OCH3 is 1. The molecule has 5 atom stereocenters. The van der Waals surface area contributed by atoms with Crippen molar-refractivity contribution in [1.82, 2.24) is 0 Å². The largest absolute Gasteiger partial charge is 0.392 e. The summed E-state index contributed by atoms with van der Waals surface area (Å²) in [6, 6.07) is 6.08. The van der Waals surface area contributed by atoms with Crippen LogP contribution >= 0.6 is 0 Å². The van der Waals surface area contributed by atoms with E-state index in [1.807, 2.05) is 12.1 Å². The summed E-state index contributed by atoms with van der Waals surface area (Å²) in [7, 11) is 1.68. The second-order valence-corrected chi connectivity index (χ2v) is 10.3. The summed E-state index contributed by atoms with van der Waals surface area (Å²) in [5, 5.41) is 9.99. The number of unbranched alkanes of at least 4 members (excludes halogenated alkanes) is 4. The van der Waals surface area contributed by atoms with Crippen LogP contribution in [0.5, 0.6) is 0 Å². The minimum atomic E-state index is -0.383. The number of rotatable bonds is 21. The van der Waals surface area contributed by atoms with E-state index >= 15 is 0 Å². The highest BCUT2D eigenvalue weighted by Crippen LogP contribution is 2.38. The summed E-state index contributed by atoms with van der Waals surface area (Å²) >= 11 is 0. The van der Waals surface area contributed by atoms with Crippen LogP contribution in [0.15, 0.2) is 18.2 Å². The van der Waals surface area contributed by atoms with Crippen molar-refractivity contribution < 1.29 is 33.5 Å². The van der Waals surface area contributed by atoms with Crippen molar-refractivity contribution in [2.24, 2.45) is 0 Å². The summed E-state index contributed by atoms with van der Waals surface area (Å²) < 4.78 is 38.0. The van der Waals surface area contributed by atoms with Crippen LogP contribution in [0.25, 0.3) is 0 Å². The molecule has 1 fully saturated rings. The lowest BCUT2D eigenvalue weighted by molar-refractivity contribution is -0.268. The van der Waals surface area contributed by atoms with Gasteiger partial charge in [0.2, 0.25) is 0 Å². The maximum absolute atomic E-state index is 9.99. The van der Waals surface area contributed by atoms with Gasteiger partial charge in [0.25, 0.3) is 0 Å². The van der Waals surface area contributed by atoms with Gasteiger partial charge in [0, 0.05) is 33.5 Å². The molecule has 1 aliphatic rings. The van der Waals surface area contributed by atoms with E-state index in [9.17, 15) is 5.11 Å². The minimum absolute atomic E-state index is 0.0542. The Kier molecular flexibility index (Phi) is 17.4. The molecule has 1 aromatic carbocycles. The number of ether oxygens (including phenoxy) is 6. The molecule has 0 bridgehead atoms. The predicted molar refractivity (Wildman–Crippen MR) is 150 cm³/mol. The van der Waals surface area contributed by atoms with Gasteiger partial charge in [-0.2, -0.15) is 0 Å². The van der Waals surface area contributed by atoms with Crippen molar-refractivity contribution in [2.75, 3.05) is 40.1 Å². The molecule has 1 aromatic rings. The van der Waals surface area contributed by atoms with E-state index < -0.39 is 0 Å². The number of hydrogen-bond acceptors (Lipinski definition) is 7. The van der Waals surface area contributed by atoms with Crippen LogP contribution in [0, 0.1) is 0 Å². The zero-order valence-electron chi connectivity index (χ0n) is 24.6. The maximum atomic E-state index is 9.99. The first-order valence-electron chi connectivity index (χ1n) is 14.9. The fourth-order valence-electron chi connectivity index (χ4n) is 4.72. The third kappa shape index (κ3) is 10.8. The zero-order chi connectivity index (χ0) is 27.6. The summed E-state index contributed by atoms with van der Waals surface area (Å²) in [6.45, 7) is 12.1. The molecule has 1 N–H and O–H groups in total. The Morgan fingerprint density at radius 2 is 1.26 bits per heavy atom. The molecule has 1 saturated heterocycles. The van der Waals surface area contributed by atoms with Crippen LogP contribution in [-0.2, 0) is 41.6 Å². The highest BCUT2D eigenvalue weighted by molar-refractivity contribution is 5.32. The van der Waals surface area contributed by atoms with Crippen LogP contribution in [0.4, 0.5) is 0 Å². The molecular weight excluding hydrogens is 484 g/mol. The van der Waals surface area contributed by atoms with Gasteiger partial charge < -0.3 is 33.5 Å². The molecule has 7 nitrogen and oxygen atoms in total. The second-order valence-electron chi connectivity index (χ2n) is 10.3. The lowest BCUT2D eigenvalue weighted by Crippen LogP contribution is -2.58. The molecule has 0 aliphatic carbocycles. The molecule has 7 heteroatoms. The van der Waals surface area contributed by atoms with Gasteiger partial charge in [0.05, 0.1) is 19.8 Å². The molecule has 38 heavy (non-hydrogen) atoms. The number of benzene rings is 1. The van der Waals surface area contributed by atoms with Gasteiger partial charge in [0.15, 0.2) is 0 Å². The molecule has 0 spiro atoms. The molecule has 220 valence electrons. The van der Waals surface area contributed by atoms with Crippen molar-refractivity contribution in [3.8, 4) is 0 Å². The van der Waals surface area contributed by atoms with Crippen LogP contribution in [0.2, 0.25) is 0 Å². The summed E-state index contributed by atoms with van der Waals surface area (Å²) in [6.07, 6.45) is 6.55. The third-order valence-electron chi connectivity index (χ3n) is 6.88. The topological polar surface area (TPSA) is 75.6 Å². The number of aliphatic hydroxyl groups is 1. The summed E-state index contributed by atoms with van der Waals surface area (Å²) in [5.41, 5.74) is 2.77. The van der Waals surface area contributed by atoms with E-state index in [-0.39, 0.29) is 37.1 Å². The van der Waals surface area contributed by atoms with Crippen molar-refractivity contribution in [3.63, 3.8) is 0 Å². The zero-order valence-corrected chi connectivity index (χ0v) is 24.6. The molecule has 0 saturated carbocycles. The Morgan fingerprint density at radius 3 is 1.84 bits per heavy atom. The number of aliphatic hydroxyl groups excluding tert-OH is 1. The van der Waals surface area contributed by atoms with Crippen LogP contribution in [0.3, 0.4) is 0 Å². The van der Waals surface area contributed by atoms with Crippen molar-refractivity contribution >= 4 is 0 Å². The van der Waals surface area contributed by atoms with E-state index in [4.69, 9.17) is 28.4 Å². The average molecular weight is 539 g/mol. The van der Waals surface area contributed by atoms with E-state index in [2.05, 4.69) is 33.8 Å². The van der Waals surface area contributed by atoms with Crippen LogP contribution in [-0.4, -0.2) is 69.7 Å². The Labute approximate surface area is 231 Å². The van der Waals surface area contributed by atoms with E-state index in [1.165, 1.54) is 0 Å². The van der Waals surface area contributed by atoms with Crippen LogP contribution < -0.4 is 0 Å². The predicted octanol–water partition coefficient (Wildman–Crippen LogP) is 6.14. The summed E-state index contributed by atoms with van der Waals surface area (Å²) in [4.78, 5) is 0. The Morgan fingerprint density at radius 1 is 0.711 bits per heavy atom. The van der Waals surface area contributed by atoms with Gasteiger partial charge in [-0.3, -0.25) is 0 Å². The Hall–Kier alpha value is -1.06. The fourth-order valence-corrected chi connectivity index (χ4v) is 4.72. The quantitative estimate of drug-likeness (QED) is 0.189. The minimum Gasteiger partial charge on any atom is -0.392 e. The lowest BCUT2D eigenvalue weighted by Gasteiger charge is -2.46. The smallest absolute Gasteiger partial charge is 0.117 e. The van der Waals surface area contributed by atoms with E-state index in [0.29, 0.717) is 39.6 Å². The van der Waals surface area contributed by atoms with Gasteiger partial charge >= 0.3 is 0 Å². The monoisotopic (exact) mass is 538 g/mol. The second kappa shape index (κ2) is 19.9. The summed E-state index contributed by atoms with van der Waals surface area (Å²) in [5.74, 6) is 0. The standard InChI is InChI=1S/C31H54O7/c1-6-10-14-34-23-27-29(35-15-11-7-2)31(37-17-13-9-4)30(36-16-12-8-3)28(38-27)26-19-24(21-32)18-25(20-26)22-33-5/h18-20,27-32H,6-17,21-23H2,1-5H3/t27-,28+,29-,30+,31+/m1/s1. The Bertz CT molecular complexity index is 728. The van der Waals surface area contributed by atoms with Gasteiger partial charge in [-0.15, -0.1) is 0 Å². The highest BCUT2D eigenvalue weighted by atomic mass is 16.6. The van der Waals surface area contributed by atoms with Crippen molar-refractivity contribution in [3.05, 3.63) is 34.9 Å². The molecule has 0 radical (unpaired) electrons. The first kappa shape index (κ1) is 33.1. The first-order chi connectivity index (χ1) is 18.6. The van der Waals surface area contributed by atoms with Crippen LogP contribution in [0.1, 0.15) is 102 Å².